The van der Waals surface area contributed by atoms with E-state index in [4.69, 9.17) is 14.7 Å². The molecular weight excluding hydrogens is 438 g/mol. The Hall–Kier alpha value is -0.488. The third-order valence-electron chi connectivity index (χ3n) is 0.682. The summed E-state index contributed by atoms with van der Waals surface area (Å²) in [6.07, 6.45) is -2.69. The molecule has 8 nitrogen and oxygen atoms in total. The fourth-order valence-electron chi connectivity index (χ4n) is 0. The summed E-state index contributed by atoms with van der Waals surface area (Å²) in [6, 6.07) is 0. The van der Waals surface area contributed by atoms with Crippen LogP contribution in [0.2, 0.25) is 0 Å². The normalized spacial score (nSPS) is 11.5. The molecule has 9 heteroatoms. The quantitative estimate of drug-likeness (QED) is 0.433. The molecular formula is C6H10O8U. The van der Waals surface area contributed by atoms with Gasteiger partial charge in [-0.3, -0.25) is 0 Å². The van der Waals surface area contributed by atoms with E-state index in [0.717, 1.165) is 13.8 Å². The topological polar surface area (TPSA) is 155 Å². The molecule has 0 amide bonds. The molecule has 0 aliphatic heterocycles. The van der Waals surface area contributed by atoms with Gasteiger partial charge in [0.25, 0.3) is 0 Å². The second kappa shape index (κ2) is 13.5. The van der Waals surface area contributed by atoms with E-state index in [9.17, 15) is 19.8 Å². The minimum absolute atomic E-state index is 1.13. The van der Waals surface area contributed by atoms with E-state index < -0.39 is 52.0 Å². The standard InChI is InChI=1S/2C3H6O3.2O.U/c2*1-2(4)3(5)6;;;/h2*2,4H,1H3,(H,5,6);;;/q;;;;+2/p-2. The van der Waals surface area contributed by atoms with Gasteiger partial charge in [0.05, 0.1) is 24.1 Å². The van der Waals surface area contributed by atoms with Crippen LogP contribution >= 0.6 is 0 Å². The zero-order chi connectivity index (χ0) is 13.0. The summed E-state index contributed by atoms with van der Waals surface area (Å²) in [5, 5.41) is 34.6. The first-order valence-corrected chi connectivity index (χ1v) is 6.87. The van der Waals surface area contributed by atoms with Crippen molar-refractivity contribution >= 4 is 11.9 Å². The first-order valence-electron chi connectivity index (χ1n) is 3.47. The van der Waals surface area contributed by atoms with Gasteiger partial charge in [0.15, 0.2) is 0 Å². The zero-order valence-corrected chi connectivity index (χ0v) is 12.2. The second-order valence-corrected chi connectivity index (χ2v) is 2.77. The van der Waals surface area contributed by atoms with Crippen LogP contribution < -0.4 is 10.2 Å². The van der Waals surface area contributed by atoms with Gasteiger partial charge in [-0.05, 0) is 13.8 Å². The molecule has 0 saturated carbocycles. The van der Waals surface area contributed by atoms with Crippen LogP contribution in [-0.2, 0) is 14.1 Å². The number of aliphatic hydroxyl groups is 2. The van der Waals surface area contributed by atoms with Crippen LogP contribution in [0.15, 0.2) is 0 Å². The van der Waals surface area contributed by atoms with Gasteiger partial charge in [-0.25, -0.2) is 0 Å². The average molecular weight is 448 g/mol. The third kappa shape index (κ3) is 31.7. The van der Waals surface area contributed by atoms with E-state index in [1.807, 2.05) is 0 Å². The van der Waals surface area contributed by atoms with Crippen LogP contribution in [0.1, 0.15) is 13.8 Å². The van der Waals surface area contributed by atoms with Crippen LogP contribution in [0.4, 0.5) is 0 Å². The Labute approximate surface area is 100 Å². The summed E-state index contributed by atoms with van der Waals surface area (Å²) >= 11 is -2.51. The molecule has 0 fully saturated rings. The molecule has 2 unspecified atom stereocenters. The first kappa shape index (κ1) is 20.0. The Morgan fingerprint density at radius 3 is 1.07 bits per heavy atom. The van der Waals surface area contributed by atoms with Crippen LogP contribution in [0.3, 0.4) is 0 Å². The predicted octanol–water partition coefficient (Wildman–Crippen LogP) is -4.00. The molecule has 0 aliphatic carbocycles. The maximum absolute atomic E-state index is 9.34. The molecule has 0 saturated heterocycles. The van der Waals surface area contributed by atoms with E-state index >= 15 is 0 Å². The number of aliphatic carboxylic acids is 2. The molecule has 2 N–H and O–H groups in total. The molecule has 0 aromatic heterocycles. The van der Waals surface area contributed by atoms with Crippen molar-refractivity contribution in [3.05, 3.63) is 0 Å². The van der Waals surface area contributed by atoms with E-state index in [2.05, 4.69) is 0 Å². The van der Waals surface area contributed by atoms with Gasteiger partial charge in [-0.2, -0.15) is 0 Å². The number of rotatable bonds is 2. The van der Waals surface area contributed by atoms with E-state index in [-0.39, 0.29) is 0 Å². The summed E-state index contributed by atoms with van der Waals surface area (Å²) < 4.78 is 17.2. The molecule has 0 aromatic rings. The number of carbonyl (C=O) groups is 2. The fraction of sp³-hybridized carbons (Fsp3) is 0.667. The average Bonchev–Trinajstić information content (AvgIpc) is 2.06. The molecule has 0 rings (SSSR count). The van der Waals surface area contributed by atoms with Crippen molar-refractivity contribution in [2.75, 3.05) is 0 Å². The molecule has 0 spiro atoms. The van der Waals surface area contributed by atoms with E-state index in [1.54, 1.807) is 0 Å². The Kier molecular flexibility index (Phi) is 18.0. The summed E-state index contributed by atoms with van der Waals surface area (Å²) in [5.74, 6) is -2.87. The molecule has 0 heterocycles. The number of aliphatic hydroxyl groups excluding tert-OH is 2. The van der Waals surface area contributed by atoms with E-state index in [1.165, 1.54) is 0 Å². The zero-order valence-electron chi connectivity index (χ0n) is 8.00. The Morgan fingerprint density at radius 1 is 1.00 bits per heavy atom. The molecule has 2 atom stereocenters. The van der Waals surface area contributed by atoms with Gasteiger partial charge in [-0.1, -0.05) is 0 Å². The minimum atomic E-state index is -2.51. The summed E-state index contributed by atoms with van der Waals surface area (Å²) in [6.45, 7) is 2.27. The number of carbonyl (C=O) groups excluding carboxylic acids is 2. The molecule has 86 valence electrons. The van der Waals surface area contributed by atoms with Gasteiger partial charge < -0.3 is 30.0 Å². The van der Waals surface area contributed by atoms with Crippen molar-refractivity contribution in [2.45, 2.75) is 26.1 Å². The van der Waals surface area contributed by atoms with Gasteiger partial charge >= 0.3 is 32.3 Å². The molecule has 15 heavy (non-hydrogen) atoms. The molecule has 0 aromatic carbocycles. The molecule has 0 aliphatic rings. The number of hydrogen-bond acceptors (Lipinski definition) is 8. The van der Waals surface area contributed by atoms with E-state index in [0.29, 0.717) is 0 Å². The van der Waals surface area contributed by atoms with Crippen molar-refractivity contribution in [2.24, 2.45) is 0 Å². The first-order chi connectivity index (χ1) is 6.70. The number of hydrogen-bond donors (Lipinski definition) is 2. The van der Waals surface area contributed by atoms with Crippen LogP contribution in [0.5, 0.6) is 0 Å². The number of carboxylic acid groups (broad SMARTS) is 2. The predicted molar refractivity (Wildman–Crippen MR) is 34.7 cm³/mol. The molecule has 0 bridgehead atoms. The summed E-state index contributed by atoms with van der Waals surface area (Å²) in [5.41, 5.74) is 0. The van der Waals surface area contributed by atoms with Crippen molar-refractivity contribution in [3.8, 4) is 0 Å². The summed E-state index contributed by atoms with van der Waals surface area (Å²) in [4.78, 5) is 18.7. The monoisotopic (exact) mass is 448 g/mol. The van der Waals surface area contributed by atoms with Crippen molar-refractivity contribution in [3.63, 3.8) is 0 Å². The second-order valence-electron chi connectivity index (χ2n) is 2.07. The third-order valence-corrected chi connectivity index (χ3v) is 0.682. The Morgan fingerprint density at radius 2 is 1.07 bits per heavy atom. The Balaban J connectivity index is -0.000000153. The van der Waals surface area contributed by atoms with Crippen molar-refractivity contribution in [1.29, 1.82) is 0 Å². The van der Waals surface area contributed by atoms with Gasteiger partial charge in [0.2, 0.25) is 0 Å². The fourth-order valence-corrected chi connectivity index (χ4v) is 0. The number of carboxylic acids is 2. The SMILES string of the molecule is CC(O)C(=O)[O-].CC(O)C(=O)[O-].[O]=[U+2]=[O]. The van der Waals surface area contributed by atoms with Gasteiger partial charge in [0, 0.05) is 0 Å². The molecule has 0 radical (unpaired) electrons. The van der Waals surface area contributed by atoms with Crippen molar-refractivity contribution < 1.29 is 62.3 Å². The van der Waals surface area contributed by atoms with Gasteiger partial charge in [-0.15, -0.1) is 0 Å². The summed E-state index contributed by atoms with van der Waals surface area (Å²) in [7, 11) is 0. The Bertz CT molecular complexity index is 199. The van der Waals surface area contributed by atoms with Crippen LogP contribution in [0, 0.1) is 27.8 Å². The van der Waals surface area contributed by atoms with Crippen LogP contribution in [-0.4, -0.2) is 34.4 Å². The van der Waals surface area contributed by atoms with Crippen LogP contribution in [0.25, 0.3) is 0 Å². The van der Waals surface area contributed by atoms with Gasteiger partial charge in [0.1, 0.15) is 0 Å². The van der Waals surface area contributed by atoms with Crippen molar-refractivity contribution in [1.82, 2.24) is 0 Å². The maximum atomic E-state index is 9.34.